The molecular weight excluding hydrogens is 280 g/mol. The fraction of sp³-hybridized carbons (Fsp3) is 0.667. The number of hydrogen-bond donors (Lipinski definition) is 0. The van der Waals surface area contributed by atoms with E-state index in [-0.39, 0.29) is 5.41 Å². The Hall–Kier alpha value is -1.33. The third kappa shape index (κ3) is 5.66. The summed E-state index contributed by atoms with van der Waals surface area (Å²) < 4.78 is 1.05. The van der Waals surface area contributed by atoms with Crippen LogP contribution in [0.25, 0.3) is 0 Å². The van der Waals surface area contributed by atoms with E-state index in [9.17, 15) is 5.26 Å². The number of rotatable bonds is 11. The van der Waals surface area contributed by atoms with Crippen LogP contribution in [0.2, 0.25) is 0 Å². The second-order valence-electron chi connectivity index (χ2n) is 7.10. The van der Waals surface area contributed by atoms with Crippen molar-refractivity contribution in [1.82, 2.24) is 0 Å². The van der Waals surface area contributed by atoms with Gasteiger partial charge in [0.05, 0.1) is 38.2 Å². The van der Waals surface area contributed by atoms with Gasteiger partial charge in [0.1, 0.15) is 0 Å². The molecule has 0 saturated carbocycles. The molecule has 0 radical (unpaired) electrons. The molecule has 23 heavy (non-hydrogen) atoms. The molecule has 1 atom stereocenters. The van der Waals surface area contributed by atoms with Gasteiger partial charge in [0.15, 0.2) is 0 Å². The monoisotopic (exact) mass is 315 g/mol. The Morgan fingerprint density at radius 3 is 2.13 bits per heavy atom. The molecule has 2 nitrogen and oxygen atoms in total. The second-order valence-corrected chi connectivity index (χ2v) is 7.10. The molecule has 0 aliphatic rings. The Kier molecular flexibility index (Phi) is 8.34. The fourth-order valence-corrected chi connectivity index (χ4v) is 3.20. The summed E-state index contributed by atoms with van der Waals surface area (Å²) in [5.41, 5.74) is 0.886. The first-order valence-electron chi connectivity index (χ1n) is 9.36. The molecule has 0 spiro atoms. The van der Waals surface area contributed by atoms with Crippen molar-refractivity contribution in [3.63, 3.8) is 0 Å². The molecule has 1 rings (SSSR count). The van der Waals surface area contributed by atoms with Gasteiger partial charge in [-0.3, -0.25) is 0 Å². The van der Waals surface area contributed by atoms with Gasteiger partial charge in [-0.05, 0) is 25.8 Å². The average Bonchev–Trinajstić information content (AvgIpc) is 2.62. The molecule has 0 saturated heterocycles. The van der Waals surface area contributed by atoms with Crippen molar-refractivity contribution >= 4 is 0 Å². The van der Waals surface area contributed by atoms with E-state index in [0.29, 0.717) is 0 Å². The van der Waals surface area contributed by atoms with Gasteiger partial charge >= 0.3 is 0 Å². The first-order valence-corrected chi connectivity index (χ1v) is 9.36. The van der Waals surface area contributed by atoms with Gasteiger partial charge in [-0.1, -0.05) is 62.9 Å². The minimum absolute atomic E-state index is 0.321. The van der Waals surface area contributed by atoms with Crippen LogP contribution in [-0.4, -0.2) is 31.2 Å². The molecule has 0 fully saturated rings. The molecule has 2 heteroatoms. The lowest BCUT2D eigenvalue weighted by atomic mass is 9.74. The molecule has 1 aromatic carbocycles. The van der Waals surface area contributed by atoms with Crippen LogP contribution in [0, 0.1) is 11.3 Å². The topological polar surface area (TPSA) is 23.8 Å². The van der Waals surface area contributed by atoms with Crippen LogP contribution in [0.5, 0.6) is 0 Å². The van der Waals surface area contributed by atoms with Crippen LogP contribution in [0.3, 0.4) is 0 Å². The summed E-state index contributed by atoms with van der Waals surface area (Å²) >= 11 is 0. The van der Waals surface area contributed by atoms with Gasteiger partial charge < -0.3 is 4.48 Å². The maximum atomic E-state index is 10.1. The van der Waals surface area contributed by atoms with Crippen LogP contribution in [0.4, 0.5) is 0 Å². The van der Waals surface area contributed by atoms with E-state index in [1.807, 2.05) is 6.07 Å². The van der Waals surface area contributed by atoms with E-state index >= 15 is 0 Å². The van der Waals surface area contributed by atoms with E-state index in [1.54, 1.807) is 0 Å². The van der Waals surface area contributed by atoms with Gasteiger partial charge in [-0.2, -0.15) is 5.26 Å². The highest BCUT2D eigenvalue weighted by molar-refractivity contribution is 5.32. The number of nitriles is 1. The normalized spacial score (nSPS) is 14.2. The predicted octanol–water partition coefficient (Wildman–Crippen LogP) is 5.29. The van der Waals surface area contributed by atoms with E-state index in [0.717, 1.165) is 43.4 Å². The summed E-state index contributed by atoms with van der Waals surface area (Å²) in [6.07, 6.45) is 6.84. The van der Waals surface area contributed by atoms with Crippen molar-refractivity contribution < 1.29 is 4.48 Å². The molecule has 1 unspecified atom stereocenters. The van der Waals surface area contributed by atoms with Gasteiger partial charge in [-0.25, -0.2) is 0 Å². The Morgan fingerprint density at radius 1 is 0.957 bits per heavy atom. The standard InChI is InChI=1S/C21H35N2/c1-5-8-9-13-16-21(19-22,20-14-11-10-12-15-20)17-18-23(4,6-2)7-3/h10-12,14-15H,5-9,13,16-18H2,1-4H3/q+1. The lowest BCUT2D eigenvalue weighted by Crippen LogP contribution is -2.46. The van der Waals surface area contributed by atoms with Gasteiger partial charge in [-0.15, -0.1) is 0 Å². The van der Waals surface area contributed by atoms with E-state index in [1.165, 1.54) is 24.8 Å². The van der Waals surface area contributed by atoms with Crippen molar-refractivity contribution in [2.24, 2.45) is 0 Å². The summed E-state index contributed by atoms with van der Waals surface area (Å²) in [7, 11) is 2.31. The molecule has 0 aliphatic carbocycles. The molecule has 0 heterocycles. The van der Waals surface area contributed by atoms with E-state index in [2.05, 4.69) is 58.2 Å². The largest absolute Gasteiger partial charge is 0.326 e. The van der Waals surface area contributed by atoms with Crippen molar-refractivity contribution in [2.75, 3.05) is 26.7 Å². The highest BCUT2D eigenvalue weighted by Gasteiger charge is 2.34. The average molecular weight is 316 g/mol. The lowest BCUT2D eigenvalue weighted by molar-refractivity contribution is -0.906. The van der Waals surface area contributed by atoms with Crippen LogP contribution in [0.1, 0.15) is 64.9 Å². The Balaban J connectivity index is 2.93. The molecule has 0 bridgehead atoms. The third-order valence-electron chi connectivity index (χ3n) is 5.60. The highest BCUT2D eigenvalue weighted by Crippen LogP contribution is 2.34. The first-order chi connectivity index (χ1) is 11.1. The van der Waals surface area contributed by atoms with Crippen molar-refractivity contribution in [1.29, 1.82) is 5.26 Å². The van der Waals surface area contributed by atoms with Gasteiger partial charge in [0, 0.05) is 6.42 Å². The number of quaternary nitrogens is 1. The number of nitrogens with zero attached hydrogens (tertiary/aromatic N) is 2. The second kappa shape index (κ2) is 9.73. The highest BCUT2D eigenvalue weighted by atomic mass is 15.3. The summed E-state index contributed by atoms with van der Waals surface area (Å²) in [4.78, 5) is 0. The molecule has 1 aromatic rings. The maximum Gasteiger partial charge on any atom is 0.0875 e. The summed E-state index contributed by atoms with van der Waals surface area (Å²) in [6.45, 7) is 10.1. The molecule has 0 aliphatic heterocycles. The Bertz CT molecular complexity index is 470. The summed E-state index contributed by atoms with van der Waals surface area (Å²) in [5.74, 6) is 0. The molecule has 0 N–H and O–H groups in total. The zero-order valence-corrected chi connectivity index (χ0v) is 15.6. The Morgan fingerprint density at radius 2 is 1.61 bits per heavy atom. The van der Waals surface area contributed by atoms with Crippen LogP contribution in [0.15, 0.2) is 30.3 Å². The van der Waals surface area contributed by atoms with Crippen molar-refractivity contribution in [3.05, 3.63) is 35.9 Å². The van der Waals surface area contributed by atoms with Gasteiger partial charge in [0.2, 0.25) is 0 Å². The fourth-order valence-electron chi connectivity index (χ4n) is 3.20. The molecule has 0 aromatic heterocycles. The minimum Gasteiger partial charge on any atom is -0.326 e. The first kappa shape index (κ1) is 19.7. The van der Waals surface area contributed by atoms with Gasteiger partial charge in [0.25, 0.3) is 0 Å². The van der Waals surface area contributed by atoms with Crippen molar-refractivity contribution in [3.8, 4) is 6.07 Å². The zero-order chi connectivity index (χ0) is 17.2. The van der Waals surface area contributed by atoms with E-state index in [4.69, 9.17) is 0 Å². The van der Waals surface area contributed by atoms with Crippen LogP contribution < -0.4 is 0 Å². The predicted molar refractivity (Wildman–Crippen MR) is 99.2 cm³/mol. The van der Waals surface area contributed by atoms with Crippen LogP contribution >= 0.6 is 0 Å². The molecular formula is C21H35N2+. The van der Waals surface area contributed by atoms with Crippen LogP contribution in [-0.2, 0) is 5.41 Å². The maximum absolute atomic E-state index is 10.1. The quantitative estimate of drug-likeness (QED) is 0.402. The third-order valence-corrected chi connectivity index (χ3v) is 5.60. The minimum atomic E-state index is -0.321. The lowest BCUT2D eigenvalue weighted by Gasteiger charge is -2.36. The summed E-state index contributed by atoms with van der Waals surface area (Å²) in [6, 6.07) is 13.2. The molecule has 0 amide bonds. The number of hydrogen-bond acceptors (Lipinski definition) is 1. The number of unbranched alkanes of at least 4 members (excludes halogenated alkanes) is 3. The molecule has 128 valence electrons. The summed E-state index contributed by atoms with van der Waals surface area (Å²) in [5, 5.41) is 10.1. The SMILES string of the molecule is CCCCCCC(C#N)(CC[N+](C)(CC)CC)c1ccccc1. The smallest absolute Gasteiger partial charge is 0.0875 e. The zero-order valence-electron chi connectivity index (χ0n) is 15.6. The van der Waals surface area contributed by atoms with E-state index < -0.39 is 0 Å². The number of benzene rings is 1. The van der Waals surface area contributed by atoms with Crippen molar-refractivity contribution in [2.45, 2.75) is 64.7 Å². The Labute approximate surface area is 143 Å².